The zero-order valence-electron chi connectivity index (χ0n) is 20.2. The van der Waals surface area contributed by atoms with Crippen LogP contribution in [-0.2, 0) is 16.9 Å². The fraction of sp³-hybridized carbons (Fsp3) is 0.375. The SMILES string of the molecule is COC[C@]12C[C@H]1[C@](C)(c1cc(NC(=O)c3cnc(OCc4cc(C)on4)cn3)cc(F)c1F)N=C(N)S2. The van der Waals surface area contributed by atoms with Crippen molar-refractivity contribution >= 4 is 28.5 Å². The molecule has 3 N–H and O–H groups in total. The number of ether oxygens (including phenoxy) is 2. The van der Waals surface area contributed by atoms with E-state index in [0.29, 0.717) is 24.5 Å². The standard InChI is InChI=1S/C24H24F2N6O4S/c1-12-4-14(32-36-12)10-35-19-9-28-17(8-29-19)21(33)30-13-5-15(20(26)16(25)6-13)23(2)18-7-24(18,11-34-3)37-22(27)31-23/h4-6,8-9,18H,7,10-11H2,1-3H3,(H2,27,31)(H,30,33)/t18-,23-,24+/m0/s1. The van der Waals surface area contributed by atoms with E-state index in [1.165, 1.54) is 30.2 Å². The Bertz CT molecular complexity index is 1380. The summed E-state index contributed by atoms with van der Waals surface area (Å²) in [4.78, 5) is 25.4. The van der Waals surface area contributed by atoms with E-state index in [4.69, 9.17) is 19.7 Å². The van der Waals surface area contributed by atoms with Crippen LogP contribution >= 0.6 is 11.8 Å². The van der Waals surface area contributed by atoms with Crippen LogP contribution in [0.15, 0.2) is 40.1 Å². The molecule has 1 saturated carbocycles. The van der Waals surface area contributed by atoms with E-state index in [1.54, 1.807) is 27.0 Å². The maximum atomic E-state index is 15.1. The number of nitrogens with two attached hydrogens (primary N) is 1. The van der Waals surface area contributed by atoms with E-state index in [0.717, 1.165) is 6.07 Å². The number of aliphatic imine (C=N–C) groups is 1. The second-order valence-corrected chi connectivity index (χ2v) is 10.6. The van der Waals surface area contributed by atoms with E-state index in [1.807, 2.05) is 0 Å². The lowest BCUT2D eigenvalue weighted by molar-refractivity contribution is 0.102. The Balaban J connectivity index is 1.33. The summed E-state index contributed by atoms with van der Waals surface area (Å²) in [6.07, 6.45) is 3.18. The Morgan fingerprint density at radius 2 is 2.11 bits per heavy atom. The average Bonchev–Trinajstić information content (AvgIpc) is 3.42. The van der Waals surface area contributed by atoms with Gasteiger partial charge in [0.1, 0.15) is 23.8 Å². The number of hydrogen-bond acceptors (Lipinski definition) is 10. The molecular weight excluding hydrogens is 506 g/mol. The molecule has 1 aliphatic carbocycles. The van der Waals surface area contributed by atoms with Crippen LogP contribution in [0, 0.1) is 24.5 Å². The Hall–Kier alpha value is -3.58. The molecule has 1 aliphatic heterocycles. The minimum atomic E-state index is -1.12. The van der Waals surface area contributed by atoms with Crippen LogP contribution < -0.4 is 15.8 Å². The van der Waals surface area contributed by atoms with Gasteiger partial charge in [-0.1, -0.05) is 16.9 Å². The number of amides is 1. The molecule has 194 valence electrons. The normalized spacial score (nSPS) is 24.2. The second kappa shape index (κ2) is 9.38. The summed E-state index contributed by atoms with van der Waals surface area (Å²) in [6, 6.07) is 4.01. The average molecular weight is 531 g/mol. The molecule has 0 radical (unpaired) electrons. The number of nitrogens with one attached hydrogen (secondary N) is 1. The van der Waals surface area contributed by atoms with Gasteiger partial charge in [-0.05, 0) is 26.3 Å². The Kier molecular flexibility index (Phi) is 6.36. The van der Waals surface area contributed by atoms with Gasteiger partial charge in [0, 0.05) is 36.4 Å². The molecule has 0 spiro atoms. The Morgan fingerprint density at radius 3 is 2.78 bits per heavy atom. The lowest BCUT2D eigenvalue weighted by atomic mass is 9.85. The summed E-state index contributed by atoms with van der Waals surface area (Å²) >= 11 is 1.39. The highest BCUT2D eigenvalue weighted by Gasteiger charge is 2.66. The predicted octanol–water partition coefficient (Wildman–Crippen LogP) is 3.56. The zero-order valence-corrected chi connectivity index (χ0v) is 21.1. The topological polar surface area (TPSA) is 138 Å². The molecule has 0 bridgehead atoms. The molecule has 3 heterocycles. The van der Waals surface area contributed by atoms with Gasteiger partial charge in [-0.3, -0.25) is 9.79 Å². The van der Waals surface area contributed by atoms with Crippen molar-refractivity contribution in [2.45, 2.75) is 37.2 Å². The number of thioether (sulfide) groups is 1. The Labute approximate surface area is 215 Å². The highest BCUT2D eigenvalue weighted by Crippen LogP contribution is 2.66. The van der Waals surface area contributed by atoms with Crippen LogP contribution in [0.1, 0.15) is 40.9 Å². The molecule has 5 rings (SSSR count). The fourth-order valence-electron chi connectivity index (χ4n) is 4.70. The second-order valence-electron chi connectivity index (χ2n) is 9.19. The molecule has 3 atom stereocenters. The lowest BCUT2D eigenvalue weighted by Gasteiger charge is -2.34. The van der Waals surface area contributed by atoms with Crippen LogP contribution in [0.2, 0.25) is 0 Å². The summed E-state index contributed by atoms with van der Waals surface area (Å²) in [5.41, 5.74) is 5.54. The number of halogens is 2. The fourth-order valence-corrected chi connectivity index (χ4v) is 6.15. The number of carbonyl (C=O) groups is 1. The van der Waals surface area contributed by atoms with Gasteiger partial charge in [-0.2, -0.15) is 0 Å². The first kappa shape index (κ1) is 25.1. The van der Waals surface area contributed by atoms with Gasteiger partial charge in [-0.15, -0.1) is 0 Å². The molecule has 13 heteroatoms. The molecule has 0 saturated heterocycles. The molecule has 0 unspecified atom stereocenters. The molecule has 37 heavy (non-hydrogen) atoms. The van der Waals surface area contributed by atoms with Gasteiger partial charge in [0.25, 0.3) is 5.91 Å². The summed E-state index contributed by atoms with van der Waals surface area (Å²) in [7, 11) is 1.58. The number of aromatic nitrogens is 3. The molecule has 10 nitrogen and oxygen atoms in total. The number of carbonyl (C=O) groups excluding carboxylic acids is 1. The smallest absolute Gasteiger partial charge is 0.275 e. The number of aryl methyl sites for hydroxylation is 1. The van der Waals surface area contributed by atoms with Gasteiger partial charge in [0.15, 0.2) is 16.8 Å². The lowest BCUT2D eigenvalue weighted by Crippen LogP contribution is -2.38. The third-order valence-electron chi connectivity index (χ3n) is 6.48. The summed E-state index contributed by atoms with van der Waals surface area (Å²) in [5.74, 6) is -2.10. The van der Waals surface area contributed by atoms with Gasteiger partial charge in [-0.25, -0.2) is 18.7 Å². The van der Waals surface area contributed by atoms with Gasteiger partial charge in [0.2, 0.25) is 5.88 Å². The zero-order chi connectivity index (χ0) is 26.4. The van der Waals surface area contributed by atoms with E-state index < -0.39 is 23.1 Å². The molecular formula is C24H24F2N6O4S. The van der Waals surface area contributed by atoms with Crippen molar-refractivity contribution in [2.24, 2.45) is 16.6 Å². The van der Waals surface area contributed by atoms with Gasteiger partial charge in [0.05, 0.1) is 29.3 Å². The molecule has 3 aromatic rings. The number of hydrogen-bond donors (Lipinski definition) is 2. The number of anilines is 1. The predicted molar refractivity (Wildman–Crippen MR) is 131 cm³/mol. The van der Waals surface area contributed by atoms with Crippen molar-refractivity contribution in [3.05, 3.63) is 64.9 Å². The first-order valence-electron chi connectivity index (χ1n) is 11.3. The van der Waals surface area contributed by atoms with E-state index in [9.17, 15) is 9.18 Å². The van der Waals surface area contributed by atoms with Crippen molar-refractivity contribution in [2.75, 3.05) is 19.0 Å². The minimum Gasteiger partial charge on any atom is -0.470 e. The molecule has 1 aromatic carbocycles. The highest BCUT2D eigenvalue weighted by molar-refractivity contribution is 8.15. The number of benzene rings is 1. The van der Waals surface area contributed by atoms with Crippen molar-refractivity contribution in [1.82, 2.24) is 15.1 Å². The van der Waals surface area contributed by atoms with E-state index in [-0.39, 0.29) is 45.3 Å². The largest absolute Gasteiger partial charge is 0.470 e. The summed E-state index contributed by atoms with van der Waals surface area (Å²) in [6.45, 7) is 4.00. The maximum absolute atomic E-state index is 15.1. The first-order valence-corrected chi connectivity index (χ1v) is 12.2. The number of rotatable bonds is 8. The van der Waals surface area contributed by atoms with E-state index in [2.05, 4.69) is 25.4 Å². The number of nitrogens with zero attached hydrogens (tertiary/aromatic N) is 4. The van der Waals surface area contributed by atoms with Crippen LogP contribution in [0.4, 0.5) is 14.5 Å². The molecule has 1 fully saturated rings. The van der Waals surface area contributed by atoms with Crippen molar-refractivity contribution in [3.63, 3.8) is 0 Å². The van der Waals surface area contributed by atoms with Crippen molar-refractivity contribution in [3.8, 4) is 5.88 Å². The Morgan fingerprint density at radius 1 is 1.30 bits per heavy atom. The van der Waals surface area contributed by atoms with Crippen LogP contribution in [0.3, 0.4) is 0 Å². The van der Waals surface area contributed by atoms with Gasteiger partial charge < -0.3 is 25.0 Å². The quantitative estimate of drug-likeness (QED) is 0.448. The highest BCUT2D eigenvalue weighted by atomic mass is 32.2. The summed E-state index contributed by atoms with van der Waals surface area (Å²) in [5, 5.41) is 6.65. The van der Waals surface area contributed by atoms with Crippen LogP contribution in [-0.4, -0.2) is 44.7 Å². The van der Waals surface area contributed by atoms with Crippen molar-refractivity contribution < 1.29 is 27.6 Å². The maximum Gasteiger partial charge on any atom is 0.275 e. The monoisotopic (exact) mass is 530 g/mol. The van der Waals surface area contributed by atoms with E-state index >= 15 is 4.39 Å². The summed E-state index contributed by atoms with van der Waals surface area (Å²) < 4.78 is 45.2. The van der Waals surface area contributed by atoms with Crippen LogP contribution in [0.25, 0.3) is 0 Å². The molecule has 1 amide bonds. The molecule has 2 aliphatic rings. The number of amidine groups is 1. The minimum absolute atomic E-state index is 0.00644. The number of fused-ring (bicyclic) bond motifs is 1. The van der Waals surface area contributed by atoms with Crippen molar-refractivity contribution in [1.29, 1.82) is 0 Å². The third-order valence-corrected chi connectivity index (χ3v) is 7.75. The first-order chi connectivity index (χ1) is 17.6. The number of methoxy groups -OCH3 is 1. The van der Waals surface area contributed by atoms with Gasteiger partial charge >= 0.3 is 0 Å². The van der Waals surface area contributed by atoms with Crippen LogP contribution in [0.5, 0.6) is 5.88 Å². The third kappa shape index (κ3) is 4.76. The molecule has 2 aromatic heterocycles.